The predicted molar refractivity (Wildman–Crippen MR) is 78.4 cm³/mol. The van der Waals surface area contributed by atoms with Gasteiger partial charge in [-0.25, -0.2) is 9.37 Å². The van der Waals surface area contributed by atoms with E-state index in [2.05, 4.69) is 15.3 Å². The monoisotopic (exact) mass is 311 g/mol. The van der Waals surface area contributed by atoms with Crippen LogP contribution in [-0.2, 0) is 11.3 Å². The quantitative estimate of drug-likeness (QED) is 0.882. The fourth-order valence-corrected chi connectivity index (χ4v) is 1.82. The van der Waals surface area contributed by atoms with E-state index in [1.54, 1.807) is 13.2 Å². The zero-order valence-electron chi connectivity index (χ0n) is 11.7. The van der Waals surface area contributed by atoms with Crippen LogP contribution in [0, 0.1) is 5.82 Å². The van der Waals surface area contributed by atoms with E-state index >= 15 is 0 Å². The number of aromatic nitrogens is 2. The van der Waals surface area contributed by atoms with Crippen molar-refractivity contribution in [2.24, 2.45) is 0 Å². The van der Waals surface area contributed by atoms with Crippen molar-refractivity contribution >= 4 is 17.4 Å². The van der Waals surface area contributed by atoms with Gasteiger partial charge in [-0.2, -0.15) is 4.98 Å². The third-order valence-corrected chi connectivity index (χ3v) is 2.78. The molecule has 0 unspecified atom stereocenters. The number of rotatable bonds is 6. The van der Waals surface area contributed by atoms with E-state index in [0.29, 0.717) is 29.8 Å². The molecule has 2 aromatic rings. The molecule has 112 valence electrons. The molecule has 0 saturated carbocycles. The van der Waals surface area contributed by atoms with Gasteiger partial charge in [-0.05, 0) is 19.1 Å². The number of hydrogen-bond donors (Lipinski definition) is 1. The molecule has 0 amide bonds. The Hall–Kier alpha value is -1.92. The second-order valence-electron chi connectivity index (χ2n) is 4.15. The number of anilines is 1. The summed E-state index contributed by atoms with van der Waals surface area (Å²) < 4.78 is 23.7. The molecule has 0 radical (unpaired) electrons. The average molecular weight is 312 g/mol. The normalized spacial score (nSPS) is 10.5. The molecule has 0 atom stereocenters. The Labute approximate surface area is 127 Å². The first kappa shape index (κ1) is 15.5. The number of hydrogen-bond acceptors (Lipinski definition) is 5. The first-order valence-electron chi connectivity index (χ1n) is 6.36. The Morgan fingerprint density at radius 1 is 1.29 bits per heavy atom. The second-order valence-corrected chi connectivity index (χ2v) is 4.56. The SMILES string of the molecule is CCNc1cc(Oc2ccc(F)c(Cl)c2)nc(COC)n1. The summed E-state index contributed by atoms with van der Waals surface area (Å²) in [7, 11) is 1.56. The van der Waals surface area contributed by atoms with Gasteiger partial charge in [0, 0.05) is 25.8 Å². The van der Waals surface area contributed by atoms with E-state index in [9.17, 15) is 4.39 Å². The highest BCUT2D eigenvalue weighted by molar-refractivity contribution is 6.30. The van der Waals surface area contributed by atoms with Crippen molar-refractivity contribution in [1.82, 2.24) is 9.97 Å². The van der Waals surface area contributed by atoms with Crippen molar-refractivity contribution in [3.8, 4) is 11.6 Å². The summed E-state index contributed by atoms with van der Waals surface area (Å²) in [5.41, 5.74) is 0. The first-order valence-corrected chi connectivity index (χ1v) is 6.74. The molecule has 1 aromatic heterocycles. The van der Waals surface area contributed by atoms with E-state index in [1.165, 1.54) is 18.2 Å². The van der Waals surface area contributed by atoms with Crippen LogP contribution in [0.3, 0.4) is 0 Å². The maximum atomic E-state index is 13.1. The molecule has 0 bridgehead atoms. The summed E-state index contributed by atoms with van der Waals surface area (Å²) in [5, 5.41) is 3.07. The molecule has 5 nitrogen and oxygen atoms in total. The fourth-order valence-electron chi connectivity index (χ4n) is 1.65. The van der Waals surface area contributed by atoms with Crippen LogP contribution < -0.4 is 10.1 Å². The lowest BCUT2D eigenvalue weighted by Gasteiger charge is -2.10. The van der Waals surface area contributed by atoms with Gasteiger partial charge in [0.25, 0.3) is 0 Å². The van der Waals surface area contributed by atoms with Crippen LogP contribution >= 0.6 is 11.6 Å². The molecule has 21 heavy (non-hydrogen) atoms. The third-order valence-electron chi connectivity index (χ3n) is 2.49. The molecule has 1 heterocycles. The van der Waals surface area contributed by atoms with Crippen LogP contribution in [0.1, 0.15) is 12.7 Å². The van der Waals surface area contributed by atoms with Gasteiger partial charge in [-0.15, -0.1) is 0 Å². The van der Waals surface area contributed by atoms with Gasteiger partial charge in [-0.3, -0.25) is 0 Å². The van der Waals surface area contributed by atoms with Crippen LogP contribution in [0.4, 0.5) is 10.2 Å². The number of nitrogens with one attached hydrogen (secondary N) is 1. The minimum atomic E-state index is -0.500. The highest BCUT2D eigenvalue weighted by Crippen LogP contribution is 2.26. The summed E-state index contributed by atoms with van der Waals surface area (Å²) >= 11 is 5.72. The highest BCUT2D eigenvalue weighted by atomic mass is 35.5. The highest BCUT2D eigenvalue weighted by Gasteiger charge is 2.08. The molecule has 7 heteroatoms. The minimum absolute atomic E-state index is 0.00872. The van der Waals surface area contributed by atoms with E-state index in [1.807, 2.05) is 6.92 Å². The maximum absolute atomic E-state index is 13.1. The Balaban J connectivity index is 2.26. The van der Waals surface area contributed by atoms with Crippen LogP contribution in [0.2, 0.25) is 5.02 Å². The minimum Gasteiger partial charge on any atom is -0.439 e. The predicted octanol–water partition coefficient (Wildman–Crippen LogP) is 3.64. The molecule has 1 aromatic carbocycles. The van der Waals surface area contributed by atoms with Crippen molar-refractivity contribution in [2.75, 3.05) is 19.0 Å². The number of halogens is 2. The van der Waals surface area contributed by atoms with E-state index in [-0.39, 0.29) is 11.6 Å². The molecule has 2 rings (SSSR count). The van der Waals surface area contributed by atoms with Crippen molar-refractivity contribution in [2.45, 2.75) is 13.5 Å². The number of methoxy groups -OCH3 is 1. The Morgan fingerprint density at radius 3 is 2.76 bits per heavy atom. The summed E-state index contributed by atoms with van der Waals surface area (Å²) in [6.45, 7) is 2.93. The maximum Gasteiger partial charge on any atom is 0.224 e. The molecule has 0 aliphatic rings. The van der Waals surface area contributed by atoms with E-state index in [4.69, 9.17) is 21.1 Å². The Kier molecular flexibility index (Phi) is 5.30. The lowest BCUT2D eigenvalue weighted by Crippen LogP contribution is -2.05. The molecular formula is C14H15ClFN3O2. The fraction of sp³-hybridized carbons (Fsp3) is 0.286. The first-order chi connectivity index (χ1) is 10.1. The summed E-state index contributed by atoms with van der Waals surface area (Å²) in [5.74, 6) is 1.34. The zero-order valence-corrected chi connectivity index (χ0v) is 12.4. The van der Waals surface area contributed by atoms with Gasteiger partial charge in [0.05, 0.1) is 5.02 Å². The number of nitrogens with zero attached hydrogens (tertiary/aromatic N) is 2. The van der Waals surface area contributed by atoms with Crippen LogP contribution in [0.15, 0.2) is 24.3 Å². The standard InChI is InChI=1S/C14H15ClFN3O2/c1-3-17-12-7-14(19-13(18-12)8-20-2)21-9-4-5-11(16)10(15)6-9/h4-7H,3,8H2,1-2H3,(H,17,18,19). The lowest BCUT2D eigenvalue weighted by molar-refractivity contribution is 0.177. The van der Waals surface area contributed by atoms with Gasteiger partial charge >= 0.3 is 0 Å². The molecule has 0 fully saturated rings. The summed E-state index contributed by atoms with van der Waals surface area (Å²) in [6, 6.07) is 5.76. The second kappa shape index (κ2) is 7.19. The number of benzene rings is 1. The summed E-state index contributed by atoms with van der Waals surface area (Å²) in [4.78, 5) is 8.49. The van der Waals surface area contributed by atoms with Crippen molar-refractivity contribution < 1.29 is 13.9 Å². The van der Waals surface area contributed by atoms with Gasteiger partial charge in [0.15, 0.2) is 5.82 Å². The van der Waals surface area contributed by atoms with Gasteiger partial charge in [0.1, 0.15) is 24.0 Å². The molecule has 0 saturated heterocycles. The van der Waals surface area contributed by atoms with Gasteiger partial charge in [-0.1, -0.05) is 11.6 Å². The summed E-state index contributed by atoms with van der Waals surface area (Å²) in [6.07, 6.45) is 0. The average Bonchev–Trinajstić information content (AvgIpc) is 2.43. The Morgan fingerprint density at radius 2 is 2.10 bits per heavy atom. The number of ether oxygens (including phenoxy) is 2. The van der Waals surface area contributed by atoms with Crippen molar-refractivity contribution in [1.29, 1.82) is 0 Å². The third kappa shape index (κ3) is 4.27. The largest absolute Gasteiger partial charge is 0.439 e. The van der Waals surface area contributed by atoms with Gasteiger partial charge < -0.3 is 14.8 Å². The molecule has 0 aliphatic carbocycles. The van der Waals surface area contributed by atoms with Crippen LogP contribution in [0.25, 0.3) is 0 Å². The van der Waals surface area contributed by atoms with Crippen LogP contribution in [-0.4, -0.2) is 23.6 Å². The zero-order chi connectivity index (χ0) is 15.2. The van der Waals surface area contributed by atoms with Gasteiger partial charge in [0.2, 0.25) is 5.88 Å². The molecule has 1 N–H and O–H groups in total. The molecule has 0 aliphatic heterocycles. The van der Waals surface area contributed by atoms with Crippen LogP contribution in [0.5, 0.6) is 11.6 Å². The van der Waals surface area contributed by atoms with Crippen molar-refractivity contribution in [3.63, 3.8) is 0 Å². The Bertz CT molecular complexity index is 601. The van der Waals surface area contributed by atoms with E-state index in [0.717, 1.165) is 0 Å². The molecular weight excluding hydrogens is 297 g/mol. The van der Waals surface area contributed by atoms with Crippen molar-refractivity contribution in [3.05, 3.63) is 40.9 Å². The molecule has 0 spiro atoms. The topological polar surface area (TPSA) is 56.3 Å². The smallest absolute Gasteiger partial charge is 0.224 e. The van der Waals surface area contributed by atoms with E-state index < -0.39 is 5.82 Å². The lowest BCUT2D eigenvalue weighted by atomic mass is 10.3.